The van der Waals surface area contributed by atoms with E-state index in [0.717, 1.165) is 16.6 Å². The Labute approximate surface area is 188 Å². The first-order chi connectivity index (χ1) is 15.4. The van der Waals surface area contributed by atoms with Gasteiger partial charge in [0, 0.05) is 30.2 Å². The molecule has 0 saturated heterocycles. The molecule has 1 amide bonds. The molecule has 0 fully saturated rings. The van der Waals surface area contributed by atoms with E-state index in [1.807, 2.05) is 38.1 Å². The van der Waals surface area contributed by atoms with E-state index in [0.29, 0.717) is 36.0 Å². The standard InChI is InChI=1S/C25H29N5O2/c1-6-22(27-15-30(5)16-31)21-13-26-19(4)28-25(21)32-14-17(2)18(3)23-12-11-20-9-7-8-10-24(20)29-23/h6-13,15-18H,14H2,1-5H3/b22-6-,27-15-/t17?,18-/m0/s1. The van der Waals surface area contributed by atoms with Crippen LogP contribution in [-0.2, 0) is 4.79 Å². The molecule has 0 aliphatic heterocycles. The highest BCUT2D eigenvalue weighted by molar-refractivity contribution is 5.80. The molecule has 2 atom stereocenters. The van der Waals surface area contributed by atoms with Gasteiger partial charge in [0.15, 0.2) is 0 Å². The van der Waals surface area contributed by atoms with Crippen molar-refractivity contribution < 1.29 is 9.53 Å². The molecular weight excluding hydrogens is 402 g/mol. The summed E-state index contributed by atoms with van der Waals surface area (Å²) in [6.45, 7) is 8.46. The van der Waals surface area contributed by atoms with Crippen LogP contribution in [0.15, 0.2) is 53.7 Å². The molecule has 32 heavy (non-hydrogen) atoms. The fourth-order valence-corrected chi connectivity index (χ4v) is 3.20. The van der Waals surface area contributed by atoms with Crippen LogP contribution in [0.3, 0.4) is 0 Å². The molecule has 1 unspecified atom stereocenters. The Bertz CT molecular complexity index is 1140. The van der Waals surface area contributed by atoms with E-state index in [2.05, 4.69) is 47.0 Å². The fraction of sp³-hybridized carbons (Fsp3) is 0.320. The van der Waals surface area contributed by atoms with E-state index >= 15 is 0 Å². The van der Waals surface area contributed by atoms with E-state index < -0.39 is 0 Å². The molecule has 0 radical (unpaired) electrons. The topological polar surface area (TPSA) is 80.6 Å². The number of ether oxygens (including phenoxy) is 1. The van der Waals surface area contributed by atoms with Crippen molar-refractivity contribution in [1.82, 2.24) is 19.9 Å². The number of benzene rings is 1. The van der Waals surface area contributed by atoms with E-state index in [1.165, 1.54) is 11.2 Å². The van der Waals surface area contributed by atoms with Gasteiger partial charge in [0.1, 0.15) is 5.82 Å². The SMILES string of the molecule is C/C=C(\N=C/N(C)C=O)c1cnc(C)nc1OCC(C)[C@H](C)c1ccc2ccccc2n1. The number of hydrogen-bond acceptors (Lipinski definition) is 6. The Balaban J connectivity index is 1.77. The van der Waals surface area contributed by atoms with E-state index in [1.54, 1.807) is 13.2 Å². The van der Waals surface area contributed by atoms with Crippen molar-refractivity contribution in [2.75, 3.05) is 13.7 Å². The third kappa shape index (κ3) is 5.55. The van der Waals surface area contributed by atoms with Gasteiger partial charge in [-0.05, 0) is 31.9 Å². The molecule has 2 aromatic heterocycles. The summed E-state index contributed by atoms with van der Waals surface area (Å²) in [5.41, 5.74) is 3.34. The fourth-order valence-electron chi connectivity index (χ4n) is 3.20. The summed E-state index contributed by atoms with van der Waals surface area (Å²) in [6.07, 6.45) is 5.66. The number of hydrogen-bond donors (Lipinski definition) is 0. The predicted octanol–water partition coefficient (Wildman–Crippen LogP) is 4.63. The Kier molecular flexibility index (Phi) is 7.65. The second kappa shape index (κ2) is 10.6. The van der Waals surface area contributed by atoms with Gasteiger partial charge in [0.05, 0.1) is 29.7 Å². The van der Waals surface area contributed by atoms with Crippen molar-refractivity contribution in [2.45, 2.75) is 33.6 Å². The van der Waals surface area contributed by atoms with Gasteiger partial charge < -0.3 is 9.64 Å². The first-order valence-electron chi connectivity index (χ1n) is 10.6. The van der Waals surface area contributed by atoms with Gasteiger partial charge in [0.2, 0.25) is 12.3 Å². The van der Waals surface area contributed by atoms with Crippen LogP contribution in [-0.4, -0.2) is 46.3 Å². The van der Waals surface area contributed by atoms with Crippen LogP contribution in [0.2, 0.25) is 0 Å². The molecule has 3 aromatic rings. The average Bonchev–Trinajstić information content (AvgIpc) is 2.82. The van der Waals surface area contributed by atoms with E-state index in [4.69, 9.17) is 9.72 Å². The number of allylic oxidation sites excluding steroid dienone is 1. The van der Waals surface area contributed by atoms with Crippen molar-refractivity contribution in [3.8, 4) is 5.88 Å². The number of para-hydroxylation sites is 1. The molecule has 3 rings (SSSR count). The summed E-state index contributed by atoms with van der Waals surface area (Å²) in [5.74, 6) is 1.49. The van der Waals surface area contributed by atoms with Gasteiger partial charge in [-0.15, -0.1) is 0 Å². The maximum Gasteiger partial charge on any atom is 0.226 e. The first-order valence-corrected chi connectivity index (χ1v) is 10.6. The van der Waals surface area contributed by atoms with Crippen molar-refractivity contribution in [1.29, 1.82) is 0 Å². The quantitative estimate of drug-likeness (QED) is 0.280. The molecule has 0 aliphatic rings. The number of aliphatic imine (C=N–C) groups is 1. The maximum absolute atomic E-state index is 10.8. The van der Waals surface area contributed by atoms with Gasteiger partial charge in [-0.2, -0.15) is 4.98 Å². The number of nitrogens with zero attached hydrogens (tertiary/aromatic N) is 5. The number of amides is 1. The third-order valence-electron chi connectivity index (χ3n) is 5.39. The summed E-state index contributed by atoms with van der Waals surface area (Å²) in [7, 11) is 1.62. The monoisotopic (exact) mass is 431 g/mol. The minimum Gasteiger partial charge on any atom is -0.477 e. The number of pyridine rings is 1. The van der Waals surface area contributed by atoms with Crippen molar-refractivity contribution in [3.05, 3.63) is 65.8 Å². The lowest BCUT2D eigenvalue weighted by atomic mass is 9.92. The summed E-state index contributed by atoms with van der Waals surface area (Å²) in [5, 5.41) is 1.13. The molecule has 1 aromatic carbocycles. The molecule has 2 heterocycles. The Hall–Kier alpha value is -3.61. The van der Waals surface area contributed by atoms with Crippen LogP contribution in [0.1, 0.15) is 43.8 Å². The molecule has 0 spiro atoms. The van der Waals surface area contributed by atoms with E-state index in [-0.39, 0.29) is 11.8 Å². The summed E-state index contributed by atoms with van der Waals surface area (Å²) < 4.78 is 6.15. The number of carbonyl (C=O) groups excluding carboxylic acids is 1. The van der Waals surface area contributed by atoms with Gasteiger partial charge in [-0.1, -0.05) is 44.2 Å². The summed E-state index contributed by atoms with van der Waals surface area (Å²) in [4.78, 5) is 30.2. The molecule has 0 aliphatic carbocycles. The van der Waals surface area contributed by atoms with Crippen LogP contribution in [0.5, 0.6) is 5.88 Å². The van der Waals surface area contributed by atoms with Gasteiger partial charge >= 0.3 is 0 Å². The summed E-state index contributed by atoms with van der Waals surface area (Å²) in [6, 6.07) is 12.3. The van der Waals surface area contributed by atoms with Crippen LogP contribution < -0.4 is 4.74 Å². The zero-order chi connectivity index (χ0) is 23.1. The van der Waals surface area contributed by atoms with Gasteiger partial charge in [-0.3, -0.25) is 9.78 Å². The Morgan fingerprint density at radius 1 is 1.19 bits per heavy atom. The van der Waals surface area contributed by atoms with Crippen molar-refractivity contribution in [2.24, 2.45) is 10.9 Å². The molecule has 7 heteroatoms. The second-order valence-corrected chi connectivity index (χ2v) is 7.83. The lowest BCUT2D eigenvalue weighted by molar-refractivity contribution is -0.113. The lowest BCUT2D eigenvalue weighted by Crippen LogP contribution is -2.17. The van der Waals surface area contributed by atoms with Crippen molar-refractivity contribution >= 4 is 29.3 Å². The second-order valence-electron chi connectivity index (χ2n) is 7.83. The van der Waals surface area contributed by atoms with Gasteiger partial charge in [-0.25, -0.2) is 9.98 Å². The van der Waals surface area contributed by atoms with Crippen molar-refractivity contribution in [3.63, 3.8) is 0 Å². The van der Waals surface area contributed by atoms with Crippen LogP contribution in [0, 0.1) is 12.8 Å². The minimum absolute atomic E-state index is 0.200. The number of aromatic nitrogens is 3. The molecular formula is C25H29N5O2. The lowest BCUT2D eigenvalue weighted by Gasteiger charge is -2.21. The first kappa shape index (κ1) is 23.1. The molecule has 0 N–H and O–H groups in total. The predicted molar refractivity (Wildman–Crippen MR) is 128 cm³/mol. The number of fused-ring (bicyclic) bond motifs is 1. The zero-order valence-corrected chi connectivity index (χ0v) is 19.2. The molecule has 166 valence electrons. The summed E-state index contributed by atoms with van der Waals surface area (Å²) >= 11 is 0. The Morgan fingerprint density at radius 2 is 1.97 bits per heavy atom. The highest BCUT2D eigenvalue weighted by atomic mass is 16.5. The molecule has 7 nitrogen and oxygen atoms in total. The molecule has 0 saturated carbocycles. The van der Waals surface area contributed by atoms with Gasteiger partial charge in [0.25, 0.3) is 0 Å². The smallest absolute Gasteiger partial charge is 0.226 e. The average molecular weight is 432 g/mol. The number of carbonyl (C=O) groups is 1. The Morgan fingerprint density at radius 3 is 2.72 bits per heavy atom. The largest absolute Gasteiger partial charge is 0.477 e. The highest BCUT2D eigenvalue weighted by Crippen LogP contribution is 2.28. The van der Waals surface area contributed by atoms with Crippen LogP contribution in [0.4, 0.5) is 0 Å². The van der Waals surface area contributed by atoms with Crippen LogP contribution in [0.25, 0.3) is 16.6 Å². The number of rotatable bonds is 9. The third-order valence-corrected chi connectivity index (χ3v) is 5.39. The normalized spacial score (nSPS) is 13.8. The molecule has 0 bridgehead atoms. The minimum atomic E-state index is 0.200. The zero-order valence-electron chi connectivity index (χ0n) is 19.2. The van der Waals surface area contributed by atoms with Crippen LogP contribution >= 0.6 is 0 Å². The number of aryl methyl sites for hydroxylation is 1. The maximum atomic E-state index is 10.8. The van der Waals surface area contributed by atoms with E-state index in [9.17, 15) is 4.79 Å². The highest BCUT2D eigenvalue weighted by Gasteiger charge is 2.19.